The summed E-state index contributed by atoms with van der Waals surface area (Å²) in [6.07, 6.45) is 3.94. The third kappa shape index (κ3) is 5.50. The van der Waals surface area contributed by atoms with E-state index < -0.39 is 17.8 Å². The van der Waals surface area contributed by atoms with Crippen LogP contribution < -0.4 is 15.6 Å². The second-order valence-electron chi connectivity index (χ2n) is 5.81. The molecule has 0 spiro atoms. The first-order valence-corrected chi connectivity index (χ1v) is 9.28. The van der Waals surface area contributed by atoms with Gasteiger partial charge in [-0.15, -0.1) is 0 Å². The number of carbonyl (C=O) groups excluding carboxylic acids is 3. The van der Waals surface area contributed by atoms with Gasteiger partial charge in [0, 0.05) is 16.7 Å². The van der Waals surface area contributed by atoms with Crippen molar-refractivity contribution in [3.05, 3.63) is 93.9 Å². The number of para-hydroxylation sites is 1. The lowest BCUT2D eigenvalue weighted by Crippen LogP contribution is -2.40. The van der Waals surface area contributed by atoms with E-state index in [1.54, 1.807) is 30.3 Å². The highest BCUT2D eigenvalue weighted by molar-refractivity contribution is 6.36. The van der Waals surface area contributed by atoms with Crippen molar-refractivity contribution in [2.24, 2.45) is 0 Å². The van der Waals surface area contributed by atoms with E-state index in [1.807, 2.05) is 0 Å². The lowest BCUT2D eigenvalue weighted by Gasteiger charge is -2.09. The standard InChI is InChI=1S/C21H14Cl2N2O5/c22-14-8-9-15(16(23)12-14)21(28)30-17-5-2-1-4-13(17)7-10-19(26)24-25-20(27)18-6-3-11-29-18/h1-12H,(H,24,26)(H,25,27)/b10-7+. The summed E-state index contributed by atoms with van der Waals surface area (Å²) in [5.41, 5.74) is 5.04. The first-order valence-electron chi connectivity index (χ1n) is 8.52. The lowest BCUT2D eigenvalue weighted by molar-refractivity contribution is -0.117. The molecule has 1 aromatic heterocycles. The van der Waals surface area contributed by atoms with Crippen molar-refractivity contribution in [2.75, 3.05) is 0 Å². The molecule has 3 rings (SSSR count). The van der Waals surface area contributed by atoms with E-state index in [9.17, 15) is 14.4 Å². The molecule has 3 aromatic rings. The van der Waals surface area contributed by atoms with Gasteiger partial charge in [-0.1, -0.05) is 41.4 Å². The van der Waals surface area contributed by atoms with Crippen molar-refractivity contribution in [1.82, 2.24) is 10.9 Å². The fraction of sp³-hybridized carbons (Fsp3) is 0. The van der Waals surface area contributed by atoms with Crippen LogP contribution in [0, 0.1) is 0 Å². The summed E-state index contributed by atoms with van der Waals surface area (Å²) in [7, 11) is 0. The van der Waals surface area contributed by atoms with Gasteiger partial charge >= 0.3 is 11.9 Å². The molecular weight excluding hydrogens is 431 g/mol. The zero-order chi connectivity index (χ0) is 21.5. The van der Waals surface area contributed by atoms with Gasteiger partial charge in [-0.25, -0.2) is 4.79 Å². The maximum absolute atomic E-state index is 12.4. The molecule has 0 aliphatic heterocycles. The van der Waals surface area contributed by atoms with E-state index >= 15 is 0 Å². The monoisotopic (exact) mass is 444 g/mol. The van der Waals surface area contributed by atoms with Crippen LogP contribution in [-0.4, -0.2) is 17.8 Å². The molecule has 0 bridgehead atoms. The van der Waals surface area contributed by atoms with E-state index in [0.717, 1.165) is 0 Å². The van der Waals surface area contributed by atoms with Crippen LogP contribution in [0.1, 0.15) is 26.5 Å². The van der Waals surface area contributed by atoms with Crippen molar-refractivity contribution in [3.63, 3.8) is 0 Å². The van der Waals surface area contributed by atoms with Gasteiger partial charge in [0.1, 0.15) is 5.75 Å². The maximum Gasteiger partial charge on any atom is 0.345 e. The molecule has 0 radical (unpaired) electrons. The Labute approximate surface area is 181 Å². The molecular formula is C21H14Cl2N2O5. The first kappa shape index (κ1) is 21.2. The number of hydrazine groups is 1. The van der Waals surface area contributed by atoms with Crippen molar-refractivity contribution in [1.29, 1.82) is 0 Å². The van der Waals surface area contributed by atoms with Crippen LogP contribution in [0.2, 0.25) is 10.0 Å². The van der Waals surface area contributed by atoms with Crippen molar-refractivity contribution in [2.45, 2.75) is 0 Å². The maximum atomic E-state index is 12.4. The minimum absolute atomic E-state index is 0.0531. The molecule has 0 unspecified atom stereocenters. The Kier molecular flexibility index (Phi) is 6.90. The van der Waals surface area contributed by atoms with Crippen LogP contribution in [0.15, 0.2) is 71.4 Å². The van der Waals surface area contributed by atoms with Crippen molar-refractivity contribution in [3.8, 4) is 5.75 Å². The number of benzene rings is 2. The average Bonchev–Trinajstić information content (AvgIpc) is 3.26. The van der Waals surface area contributed by atoms with Gasteiger partial charge in [0.05, 0.1) is 16.8 Å². The van der Waals surface area contributed by atoms with Gasteiger partial charge in [-0.3, -0.25) is 20.4 Å². The Morgan fingerprint density at radius 2 is 1.77 bits per heavy atom. The first-order chi connectivity index (χ1) is 14.4. The van der Waals surface area contributed by atoms with Crippen molar-refractivity contribution < 1.29 is 23.5 Å². The van der Waals surface area contributed by atoms with E-state index in [1.165, 1.54) is 42.7 Å². The molecule has 152 valence electrons. The second-order valence-corrected chi connectivity index (χ2v) is 6.65. The number of nitrogens with one attached hydrogen (secondary N) is 2. The highest BCUT2D eigenvalue weighted by atomic mass is 35.5. The number of furan rings is 1. The summed E-state index contributed by atoms with van der Waals surface area (Å²) in [6.45, 7) is 0. The number of halogens is 2. The molecule has 0 fully saturated rings. The Morgan fingerprint density at radius 1 is 0.967 bits per heavy atom. The normalized spacial score (nSPS) is 10.6. The number of carbonyl (C=O) groups is 3. The van der Waals surface area contributed by atoms with Gasteiger partial charge in [0.15, 0.2) is 5.76 Å². The Bertz CT molecular complexity index is 1110. The summed E-state index contributed by atoms with van der Waals surface area (Å²) >= 11 is 11.9. The molecule has 0 atom stereocenters. The molecule has 2 N–H and O–H groups in total. The third-order valence-corrected chi connectivity index (χ3v) is 4.28. The molecule has 30 heavy (non-hydrogen) atoms. The predicted molar refractivity (Wildman–Crippen MR) is 111 cm³/mol. The van der Waals surface area contributed by atoms with Crippen LogP contribution in [0.4, 0.5) is 0 Å². The van der Waals surface area contributed by atoms with Crippen LogP contribution in [-0.2, 0) is 4.79 Å². The van der Waals surface area contributed by atoms with Gasteiger partial charge < -0.3 is 9.15 Å². The Hall–Kier alpha value is -3.55. The van der Waals surface area contributed by atoms with Gasteiger partial charge in [0.25, 0.3) is 5.91 Å². The number of amides is 2. The molecule has 2 amide bonds. The molecule has 0 saturated heterocycles. The largest absolute Gasteiger partial charge is 0.459 e. The van der Waals surface area contributed by atoms with E-state index in [2.05, 4.69) is 10.9 Å². The van der Waals surface area contributed by atoms with Gasteiger partial charge in [-0.05, 0) is 42.5 Å². The third-order valence-electron chi connectivity index (χ3n) is 3.73. The highest BCUT2D eigenvalue weighted by Crippen LogP contribution is 2.25. The van der Waals surface area contributed by atoms with Crippen LogP contribution in [0.25, 0.3) is 6.08 Å². The average molecular weight is 445 g/mol. The van der Waals surface area contributed by atoms with Crippen LogP contribution >= 0.6 is 23.2 Å². The molecule has 2 aromatic carbocycles. The minimum Gasteiger partial charge on any atom is -0.459 e. The lowest BCUT2D eigenvalue weighted by atomic mass is 10.2. The molecule has 7 nitrogen and oxygen atoms in total. The molecule has 0 aliphatic carbocycles. The SMILES string of the molecule is O=C(/C=C/c1ccccc1OC(=O)c1ccc(Cl)cc1Cl)NNC(=O)c1ccco1. The summed E-state index contributed by atoms with van der Waals surface area (Å²) < 4.78 is 10.3. The fourth-order valence-corrected chi connectivity index (χ4v) is 2.80. The summed E-state index contributed by atoms with van der Waals surface area (Å²) in [6, 6.07) is 14.0. The van der Waals surface area contributed by atoms with Crippen LogP contribution in [0.3, 0.4) is 0 Å². The Balaban J connectivity index is 1.65. The van der Waals surface area contributed by atoms with Crippen molar-refractivity contribution >= 4 is 47.1 Å². The van der Waals surface area contributed by atoms with Crippen LogP contribution in [0.5, 0.6) is 5.75 Å². The summed E-state index contributed by atoms with van der Waals surface area (Å²) in [5, 5.41) is 0.553. The Morgan fingerprint density at radius 3 is 2.50 bits per heavy atom. The number of hydrogen-bond donors (Lipinski definition) is 2. The highest BCUT2D eigenvalue weighted by Gasteiger charge is 2.15. The minimum atomic E-state index is -0.673. The fourth-order valence-electron chi connectivity index (χ4n) is 2.32. The predicted octanol–water partition coefficient (Wildman–Crippen LogP) is 4.28. The quantitative estimate of drug-likeness (QED) is 0.265. The summed E-state index contributed by atoms with van der Waals surface area (Å²) in [4.78, 5) is 36.1. The number of esters is 1. The zero-order valence-corrected chi connectivity index (χ0v) is 16.7. The van der Waals surface area contributed by atoms with Gasteiger partial charge in [0.2, 0.25) is 0 Å². The molecule has 1 heterocycles. The summed E-state index contributed by atoms with van der Waals surface area (Å²) in [5.74, 6) is -1.60. The number of rotatable bonds is 5. The number of hydrogen-bond acceptors (Lipinski definition) is 5. The zero-order valence-electron chi connectivity index (χ0n) is 15.2. The van der Waals surface area contributed by atoms with E-state index in [4.69, 9.17) is 32.4 Å². The molecule has 0 saturated carbocycles. The van der Waals surface area contributed by atoms with E-state index in [-0.39, 0.29) is 22.1 Å². The van der Waals surface area contributed by atoms with Gasteiger partial charge in [-0.2, -0.15) is 0 Å². The second kappa shape index (κ2) is 9.78. The van der Waals surface area contributed by atoms with E-state index in [0.29, 0.717) is 10.6 Å². The smallest absolute Gasteiger partial charge is 0.345 e. The molecule has 9 heteroatoms. The molecule has 0 aliphatic rings. The number of ether oxygens (including phenoxy) is 1. The topological polar surface area (TPSA) is 97.6 Å².